The SMILES string of the molecule is COC(=O)[C@@H]1[C@@H](C(=O)OC)ON(C)[C@H]1c1cc2ccccc2n1C. The molecule has 2 heterocycles. The van der Waals surface area contributed by atoms with E-state index in [1.165, 1.54) is 19.3 Å². The second kappa shape index (κ2) is 6.26. The molecule has 0 N–H and O–H groups in total. The van der Waals surface area contributed by atoms with Crippen LogP contribution in [0.1, 0.15) is 11.7 Å². The second-order valence-electron chi connectivity index (χ2n) is 5.78. The third kappa shape index (κ3) is 2.46. The lowest BCUT2D eigenvalue weighted by atomic mass is 9.92. The maximum atomic E-state index is 12.4. The van der Waals surface area contributed by atoms with Gasteiger partial charge in [-0.25, -0.2) is 4.79 Å². The van der Waals surface area contributed by atoms with Crippen molar-refractivity contribution < 1.29 is 23.9 Å². The molecule has 0 spiro atoms. The summed E-state index contributed by atoms with van der Waals surface area (Å²) in [6.45, 7) is 0. The van der Waals surface area contributed by atoms with Gasteiger partial charge in [-0.2, -0.15) is 5.06 Å². The molecule has 0 amide bonds. The molecular formula is C17H20N2O5. The summed E-state index contributed by atoms with van der Waals surface area (Å²) in [6, 6.07) is 9.44. The smallest absolute Gasteiger partial charge is 0.338 e. The predicted molar refractivity (Wildman–Crippen MR) is 85.8 cm³/mol. The van der Waals surface area contributed by atoms with Crippen LogP contribution in [0.5, 0.6) is 0 Å². The number of nitrogens with zero attached hydrogens (tertiary/aromatic N) is 2. The first-order chi connectivity index (χ1) is 11.5. The van der Waals surface area contributed by atoms with E-state index in [-0.39, 0.29) is 0 Å². The van der Waals surface area contributed by atoms with E-state index in [1.54, 1.807) is 7.05 Å². The lowest BCUT2D eigenvalue weighted by Crippen LogP contribution is -2.36. The van der Waals surface area contributed by atoms with Crippen molar-refractivity contribution in [1.82, 2.24) is 9.63 Å². The quantitative estimate of drug-likeness (QED) is 0.792. The van der Waals surface area contributed by atoms with Crippen molar-refractivity contribution in [3.63, 3.8) is 0 Å². The van der Waals surface area contributed by atoms with Crippen molar-refractivity contribution in [2.45, 2.75) is 12.1 Å². The Balaban J connectivity index is 2.10. The van der Waals surface area contributed by atoms with Crippen LogP contribution in [0.25, 0.3) is 10.9 Å². The topological polar surface area (TPSA) is 70.0 Å². The molecule has 0 bridgehead atoms. The first-order valence-corrected chi connectivity index (χ1v) is 7.59. The molecule has 3 rings (SSSR count). The number of aromatic nitrogens is 1. The molecule has 7 nitrogen and oxygen atoms in total. The van der Waals surface area contributed by atoms with Gasteiger partial charge < -0.3 is 14.0 Å². The average molecular weight is 332 g/mol. The van der Waals surface area contributed by atoms with Crippen molar-refractivity contribution in [1.29, 1.82) is 0 Å². The van der Waals surface area contributed by atoms with Gasteiger partial charge in [0.1, 0.15) is 5.92 Å². The summed E-state index contributed by atoms with van der Waals surface area (Å²) in [5, 5.41) is 2.57. The standard InChI is InChI=1S/C17H20N2O5/c1-18-11-8-6-5-7-10(11)9-12(18)14-13(16(20)22-3)15(17(21)23-4)24-19(14)2/h5-9,13-15H,1-4H3/t13-,14-,15-/m0/s1. The zero-order chi connectivity index (χ0) is 17.4. The molecular weight excluding hydrogens is 312 g/mol. The van der Waals surface area contributed by atoms with Gasteiger partial charge in [0, 0.05) is 25.3 Å². The van der Waals surface area contributed by atoms with Gasteiger partial charge in [-0.05, 0) is 17.5 Å². The molecule has 128 valence electrons. The van der Waals surface area contributed by atoms with E-state index >= 15 is 0 Å². The van der Waals surface area contributed by atoms with E-state index in [4.69, 9.17) is 14.3 Å². The third-order valence-electron chi connectivity index (χ3n) is 4.54. The fourth-order valence-corrected chi connectivity index (χ4v) is 3.36. The average Bonchev–Trinajstić information content (AvgIpc) is 3.11. The van der Waals surface area contributed by atoms with Gasteiger partial charge >= 0.3 is 11.9 Å². The Morgan fingerprint density at radius 1 is 1.08 bits per heavy atom. The van der Waals surface area contributed by atoms with E-state index in [9.17, 15) is 9.59 Å². The lowest BCUT2D eigenvalue weighted by molar-refractivity contribution is -0.182. The largest absolute Gasteiger partial charge is 0.469 e. The van der Waals surface area contributed by atoms with Crippen molar-refractivity contribution >= 4 is 22.8 Å². The van der Waals surface area contributed by atoms with Gasteiger partial charge in [0.15, 0.2) is 6.10 Å². The van der Waals surface area contributed by atoms with Crippen molar-refractivity contribution in [3.05, 3.63) is 36.0 Å². The summed E-state index contributed by atoms with van der Waals surface area (Å²) in [6.07, 6.45) is -1.03. The van der Waals surface area contributed by atoms with Gasteiger partial charge in [0.05, 0.1) is 20.3 Å². The van der Waals surface area contributed by atoms with E-state index in [1.807, 2.05) is 41.9 Å². The number of hydrogen-bond acceptors (Lipinski definition) is 6. The van der Waals surface area contributed by atoms with E-state index in [0.29, 0.717) is 0 Å². The number of fused-ring (bicyclic) bond motifs is 1. The minimum atomic E-state index is -1.03. The Bertz CT molecular complexity index is 784. The number of methoxy groups -OCH3 is 2. The molecule has 1 aromatic heterocycles. The molecule has 0 unspecified atom stereocenters. The molecule has 1 saturated heterocycles. The molecule has 1 fully saturated rings. The normalized spacial score (nSPS) is 24.2. The molecule has 0 saturated carbocycles. The number of carbonyl (C=O) groups is 2. The minimum Gasteiger partial charge on any atom is -0.469 e. The van der Waals surface area contributed by atoms with Crippen LogP contribution < -0.4 is 0 Å². The highest BCUT2D eigenvalue weighted by Gasteiger charge is 2.52. The molecule has 0 radical (unpaired) electrons. The number of rotatable bonds is 3. The molecule has 7 heteroatoms. The molecule has 3 atom stereocenters. The van der Waals surface area contributed by atoms with Crippen LogP contribution in [0.4, 0.5) is 0 Å². The molecule has 1 aliphatic heterocycles. The summed E-state index contributed by atoms with van der Waals surface area (Å²) in [5.41, 5.74) is 1.89. The summed E-state index contributed by atoms with van der Waals surface area (Å²) in [7, 11) is 6.18. The number of aryl methyl sites for hydroxylation is 1. The monoisotopic (exact) mass is 332 g/mol. The zero-order valence-corrected chi connectivity index (χ0v) is 14.1. The van der Waals surface area contributed by atoms with Crippen LogP contribution in [0, 0.1) is 5.92 Å². The van der Waals surface area contributed by atoms with Gasteiger partial charge in [0.2, 0.25) is 0 Å². The number of para-hydroxylation sites is 1. The van der Waals surface area contributed by atoms with Crippen LogP contribution in [-0.2, 0) is 30.9 Å². The van der Waals surface area contributed by atoms with E-state index < -0.39 is 30.0 Å². The van der Waals surface area contributed by atoms with Gasteiger partial charge in [-0.3, -0.25) is 9.63 Å². The van der Waals surface area contributed by atoms with E-state index in [2.05, 4.69) is 0 Å². The van der Waals surface area contributed by atoms with Crippen LogP contribution >= 0.6 is 0 Å². The Morgan fingerprint density at radius 2 is 1.75 bits per heavy atom. The zero-order valence-electron chi connectivity index (χ0n) is 14.1. The molecule has 1 aromatic carbocycles. The number of hydrogen-bond donors (Lipinski definition) is 0. The number of ether oxygens (including phenoxy) is 2. The highest BCUT2D eigenvalue weighted by atomic mass is 16.7. The number of esters is 2. The van der Waals surface area contributed by atoms with Crippen LogP contribution in [-0.4, -0.2) is 48.9 Å². The lowest BCUT2D eigenvalue weighted by Gasteiger charge is -2.22. The molecule has 0 aliphatic carbocycles. The maximum Gasteiger partial charge on any atom is 0.338 e. The summed E-state index contributed by atoms with van der Waals surface area (Å²) in [4.78, 5) is 30.0. The minimum absolute atomic E-state index is 0.459. The Morgan fingerprint density at radius 3 is 2.38 bits per heavy atom. The number of benzene rings is 1. The Hall–Kier alpha value is -2.38. The van der Waals surface area contributed by atoms with E-state index in [0.717, 1.165) is 16.6 Å². The Kier molecular flexibility index (Phi) is 4.29. The second-order valence-corrected chi connectivity index (χ2v) is 5.78. The van der Waals surface area contributed by atoms with Gasteiger partial charge in [-0.1, -0.05) is 18.2 Å². The van der Waals surface area contributed by atoms with Crippen LogP contribution in [0.15, 0.2) is 30.3 Å². The third-order valence-corrected chi connectivity index (χ3v) is 4.54. The molecule has 2 aromatic rings. The Labute approximate surface area is 139 Å². The molecule has 1 aliphatic rings. The van der Waals surface area contributed by atoms with Crippen molar-refractivity contribution in [2.75, 3.05) is 21.3 Å². The van der Waals surface area contributed by atoms with Crippen LogP contribution in [0.3, 0.4) is 0 Å². The highest BCUT2D eigenvalue weighted by Crippen LogP contribution is 2.41. The number of carbonyl (C=O) groups excluding carboxylic acids is 2. The maximum absolute atomic E-state index is 12.4. The summed E-state index contributed by atoms with van der Waals surface area (Å²) in [5.74, 6) is -1.92. The molecule has 24 heavy (non-hydrogen) atoms. The fourth-order valence-electron chi connectivity index (χ4n) is 3.36. The fraction of sp³-hybridized carbons (Fsp3) is 0.412. The van der Waals surface area contributed by atoms with Gasteiger partial charge in [0.25, 0.3) is 0 Å². The van der Waals surface area contributed by atoms with Gasteiger partial charge in [-0.15, -0.1) is 0 Å². The highest BCUT2D eigenvalue weighted by molar-refractivity contribution is 5.86. The van der Waals surface area contributed by atoms with Crippen molar-refractivity contribution in [3.8, 4) is 0 Å². The first-order valence-electron chi connectivity index (χ1n) is 7.59. The van der Waals surface area contributed by atoms with Crippen molar-refractivity contribution in [2.24, 2.45) is 13.0 Å². The summed E-state index contributed by atoms with van der Waals surface area (Å²) < 4.78 is 11.7. The number of hydroxylamine groups is 2. The first kappa shape index (κ1) is 16.5. The predicted octanol–water partition coefficient (Wildman–Crippen LogP) is 1.43. The summed E-state index contributed by atoms with van der Waals surface area (Å²) >= 11 is 0. The van der Waals surface area contributed by atoms with Crippen LogP contribution in [0.2, 0.25) is 0 Å².